The number of anilines is 1. The van der Waals surface area contributed by atoms with E-state index in [9.17, 15) is 22.0 Å². The van der Waals surface area contributed by atoms with Crippen LogP contribution >= 0.6 is 0 Å². The molecule has 0 aliphatic heterocycles. The summed E-state index contributed by atoms with van der Waals surface area (Å²) in [5.74, 6) is -0.890. The Morgan fingerprint density at radius 3 is 2.62 bits per heavy atom. The molecule has 1 N–H and O–H groups in total. The van der Waals surface area contributed by atoms with Gasteiger partial charge in [-0.1, -0.05) is 17.3 Å². The number of esters is 1. The van der Waals surface area contributed by atoms with Crippen molar-refractivity contribution in [2.45, 2.75) is 13.2 Å². The van der Waals surface area contributed by atoms with Crippen LogP contribution in [0.2, 0.25) is 0 Å². The maximum atomic E-state index is 12.4. The number of sulfonamides is 1. The van der Waals surface area contributed by atoms with Crippen LogP contribution in [-0.4, -0.2) is 44.5 Å². The zero-order valence-corrected chi connectivity index (χ0v) is 17.6. The van der Waals surface area contributed by atoms with Crippen LogP contribution in [-0.2, 0) is 21.4 Å². The van der Waals surface area contributed by atoms with E-state index < -0.39 is 22.6 Å². The van der Waals surface area contributed by atoms with Crippen molar-refractivity contribution < 1.29 is 40.7 Å². The number of para-hydroxylation sites is 1. The number of hydrogen-bond donors (Lipinski definition) is 1. The van der Waals surface area contributed by atoms with Gasteiger partial charge in [-0.2, -0.15) is 13.8 Å². The molecule has 0 bridgehead atoms. The van der Waals surface area contributed by atoms with E-state index in [1.807, 2.05) is 0 Å². The minimum absolute atomic E-state index is 0.00276. The monoisotopic (exact) mass is 469 g/mol. The summed E-state index contributed by atoms with van der Waals surface area (Å²) in [5, 5.41) is 3.76. The Kier molecular flexibility index (Phi) is 6.88. The smallest absolute Gasteiger partial charge is 0.387 e. The van der Waals surface area contributed by atoms with Crippen molar-refractivity contribution in [2.75, 3.05) is 18.1 Å². The first-order chi connectivity index (χ1) is 15.2. The van der Waals surface area contributed by atoms with E-state index in [1.54, 1.807) is 12.1 Å². The van der Waals surface area contributed by atoms with E-state index >= 15 is 0 Å². The molecule has 0 aliphatic rings. The van der Waals surface area contributed by atoms with Crippen LogP contribution in [0.15, 0.2) is 47.0 Å². The number of carbonyl (C=O) groups excluding carboxylic acids is 1. The molecule has 2 aromatic carbocycles. The Balaban J connectivity index is 1.71. The van der Waals surface area contributed by atoms with Crippen LogP contribution in [0.1, 0.15) is 16.2 Å². The standard InChI is InChI=1S/C19H17F2N3O7S/c1-28-15-9-11(7-8-14(15)30-19(20)21)17-22-16(31-23-17)10-29-18(25)12-5-3-4-6-13(12)24-32(2,26)27/h3-9,19,24H,10H2,1-2H3. The molecule has 1 heterocycles. The number of halogens is 2. The molecule has 0 fully saturated rings. The summed E-state index contributed by atoms with van der Waals surface area (Å²) in [5.41, 5.74) is 0.439. The van der Waals surface area contributed by atoms with E-state index in [-0.39, 0.29) is 41.1 Å². The summed E-state index contributed by atoms with van der Waals surface area (Å²) in [6.07, 6.45) is 0.955. The molecule has 0 radical (unpaired) electrons. The first kappa shape index (κ1) is 22.9. The van der Waals surface area contributed by atoms with E-state index in [1.165, 1.54) is 37.4 Å². The number of methoxy groups -OCH3 is 1. The average molecular weight is 469 g/mol. The molecule has 13 heteroatoms. The summed E-state index contributed by atoms with van der Waals surface area (Å²) in [4.78, 5) is 16.5. The first-order valence-electron chi connectivity index (χ1n) is 8.86. The number of nitrogens with one attached hydrogen (secondary N) is 1. The number of carbonyl (C=O) groups is 1. The fourth-order valence-corrected chi connectivity index (χ4v) is 3.16. The van der Waals surface area contributed by atoms with Gasteiger partial charge in [-0.25, -0.2) is 13.2 Å². The molecule has 3 rings (SSSR count). The van der Waals surface area contributed by atoms with Crippen LogP contribution in [0.25, 0.3) is 11.4 Å². The lowest BCUT2D eigenvalue weighted by molar-refractivity contribution is -0.0512. The van der Waals surface area contributed by atoms with Crippen LogP contribution in [0.3, 0.4) is 0 Å². The van der Waals surface area contributed by atoms with Gasteiger partial charge in [0.1, 0.15) is 0 Å². The van der Waals surface area contributed by atoms with Crippen molar-refractivity contribution in [3.8, 4) is 22.9 Å². The van der Waals surface area contributed by atoms with Gasteiger partial charge in [0.2, 0.25) is 15.8 Å². The lowest BCUT2D eigenvalue weighted by atomic mass is 10.2. The van der Waals surface area contributed by atoms with Crippen LogP contribution in [0.4, 0.5) is 14.5 Å². The third-order valence-electron chi connectivity index (χ3n) is 3.88. The fraction of sp³-hybridized carbons (Fsp3) is 0.211. The summed E-state index contributed by atoms with van der Waals surface area (Å²) in [6.45, 7) is -3.40. The molecule has 0 spiro atoms. The molecule has 0 saturated carbocycles. The molecular formula is C19H17F2N3O7S. The van der Waals surface area contributed by atoms with Gasteiger partial charge in [0.05, 0.1) is 24.6 Å². The predicted molar refractivity (Wildman–Crippen MR) is 107 cm³/mol. The van der Waals surface area contributed by atoms with Crippen molar-refractivity contribution in [1.82, 2.24) is 10.1 Å². The molecule has 10 nitrogen and oxygen atoms in total. The lowest BCUT2D eigenvalue weighted by Gasteiger charge is -2.10. The Morgan fingerprint density at radius 2 is 1.94 bits per heavy atom. The Morgan fingerprint density at radius 1 is 1.19 bits per heavy atom. The van der Waals surface area contributed by atoms with Gasteiger partial charge in [-0.3, -0.25) is 4.72 Å². The summed E-state index contributed by atoms with van der Waals surface area (Å²) in [6, 6.07) is 9.98. The maximum Gasteiger partial charge on any atom is 0.387 e. The van der Waals surface area contributed by atoms with E-state index in [2.05, 4.69) is 19.6 Å². The number of aromatic nitrogens is 2. The minimum Gasteiger partial charge on any atom is -0.493 e. The van der Waals surface area contributed by atoms with Gasteiger partial charge in [0, 0.05) is 5.56 Å². The van der Waals surface area contributed by atoms with Crippen LogP contribution in [0.5, 0.6) is 11.5 Å². The number of alkyl halides is 2. The number of ether oxygens (including phenoxy) is 3. The molecule has 170 valence electrons. The fourth-order valence-electron chi connectivity index (χ4n) is 2.59. The maximum absolute atomic E-state index is 12.4. The summed E-state index contributed by atoms with van der Waals surface area (Å²) < 4.78 is 69.6. The topological polar surface area (TPSA) is 130 Å². The van der Waals surface area contributed by atoms with Gasteiger partial charge in [-0.05, 0) is 30.3 Å². The largest absolute Gasteiger partial charge is 0.493 e. The molecule has 0 aliphatic carbocycles. The molecule has 3 aromatic rings. The van der Waals surface area contributed by atoms with Gasteiger partial charge < -0.3 is 18.7 Å². The summed E-state index contributed by atoms with van der Waals surface area (Å²) >= 11 is 0. The van der Waals surface area contributed by atoms with Gasteiger partial charge in [0.25, 0.3) is 5.89 Å². The Bertz CT molecular complexity index is 1220. The van der Waals surface area contributed by atoms with Crippen molar-refractivity contribution in [2.24, 2.45) is 0 Å². The highest BCUT2D eigenvalue weighted by atomic mass is 32.2. The second-order valence-electron chi connectivity index (χ2n) is 6.25. The van der Waals surface area contributed by atoms with Gasteiger partial charge in [0.15, 0.2) is 18.1 Å². The highest BCUT2D eigenvalue weighted by Gasteiger charge is 2.18. The summed E-state index contributed by atoms with van der Waals surface area (Å²) in [7, 11) is -2.32. The van der Waals surface area contributed by atoms with Crippen molar-refractivity contribution in [3.63, 3.8) is 0 Å². The third-order valence-corrected chi connectivity index (χ3v) is 4.47. The highest BCUT2D eigenvalue weighted by Crippen LogP contribution is 2.32. The first-order valence-corrected chi connectivity index (χ1v) is 10.7. The highest BCUT2D eigenvalue weighted by molar-refractivity contribution is 7.92. The Labute approximate surface area is 181 Å². The zero-order chi connectivity index (χ0) is 23.3. The van der Waals surface area contributed by atoms with E-state index in [4.69, 9.17) is 14.0 Å². The minimum atomic E-state index is -3.60. The van der Waals surface area contributed by atoms with Crippen molar-refractivity contribution in [1.29, 1.82) is 0 Å². The number of rotatable bonds is 9. The second-order valence-corrected chi connectivity index (χ2v) is 8.00. The van der Waals surface area contributed by atoms with Crippen molar-refractivity contribution >= 4 is 21.7 Å². The van der Waals surface area contributed by atoms with Crippen LogP contribution < -0.4 is 14.2 Å². The predicted octanol–water partition coefficient (Wildman–Crippen LogP) is 3.08. The molecular weight excluding hydrogens is 452 g/mol. The average Bonchev–Trinajstić information content (AvgIpc) is 3.20. The second kappa shape index (κ2) is 9.60. The zero-order valence-electron chi connectivity index (χ0n) is 16.7. The lowest BCUT2D eigenvalue weighted by Crippen LogP contribution is -2.14. The number of nitrogens with zero attached hydrogens (tertiary/aromatic N) is 2. The Hall–Kier alpha value is -3.74. The van der Waals surface area contributed by atoms with Gasteiger partial charge >= 0.3 is 12.6 Å². The quantitative estimate of drug-likeness (QED) is 0.470. The van der Waals surface area contributed by atoms with E-state index in [0.717, 1.165) is 6.26 Å². The molecule has 0 amide bonds. The molecule has 0 atom stereocenters. The molecule has 0 saturated heterocycles. The van der Waals surface area contributed by atoms with Gasteiger partial charge in [-0.15, -0.1) is 0 Å². The SMILES string of the molecule is COc1cc(-c2noc(COC(=O)c3ccccc3NS(C)(=O)=O)n2)ccc1OC(F)F. The number of benzene rings is 2. The van der Waals surface area contributed by atoms with E-state index in [0.29, 0.717) is 5.56 Å². The third kappa shape index (κ3) is 5.91. The number of hydrogen-bond acceptors (Lipinski definition) is 9. The molecule has 1 aromatic heterocycles. The molecule has 0 unspecified atom stereocenters. The normalized spacial score (nSPS) is 11.3. The van der Waals surface area contributed by atoms with Crippen LogP contribution in [0, 0.1) is 0 Å². The van der Waals surface area contributed by atoms with Crippen molar-refractivity contribution in [3.05, 3.63) is 53.9 Å². The molecule has 32 heavy (non-hydrogen) atoms.